The van der Waals surface area contributed by atoms with E-state index in [-0.39, 0.29) is 17.8 Å². The highest BCUT2D eigenvalue weighted by Gasteiger charge is 2.26. The number of allylic oxidation sites excluding steroid dienone is 2. The minimum absolute atomic E-state index is 0.0244. The van der Waals surface area contributed by atoms with Crippen molar-refractivity contribution >= 4 is 22.7 Å². The van der Waals surface area contributed by atoms with Gasteiger partial charge in [0.1, 0.15) is 17.7 Å². The molecular formula is C16H10N2OS. The lowest BCUT2D eigenvalue weighted by Crippen LogP contribution is -1.89. The van der Waals surface area contributed by atoms with E-state index in [0.717, 1.165) is 5.56 Å². The molecule has 0 spiro atoms. The third-order valence-corrected chi connectivity index (χ3v) is 3.47. The molecule has 20 heavy (non-hydrogen) atoms. The van der Waals surface area contributed by atoms with Crippen LogP contribution in [0.1, 0.15) is 22.3 Å². The third kappa shape index (κ3) is 2.83. The van der Waals surface area contributed by atoms with Crippen LogP contribution in [0.15, 0.2) is 52.7 Å². The van der Waals surface area contributed by atoms with Crippen molar-refractivity contribution in [2.24, 2.45) is 0 Å². The number of nitriles is 2. The second kappa shape index (κ2) is 6.47. The summed E-state index contributed by atoms with van der Waals surface area (Å²) < 4.78 is 0. The van der Waals surface area contributed by atoms with Gasteiger partial charge in [-0.2, -0.15) is 21.9 Å². The van der Waals surface area contributed by atoms with E-state index in [4.69, 9.17) is 10.5 Å². The lowest BCUT2D eigenvalue weighted by Gasteiger charge is -1.97. The van der Waals surface area contributed by atoms with Crippen LogP contribution in [0.4, 0.5) is 0 Å². The first kappa shape index (κ1) is 13.7. The Hall–Kier alpha value is -2.69. The predicted molar refractivity (Wildman–Crippen MR) is 77.9 cm³/mol. The number of thiophene rings is 1. The van der Waals surface area contributed by atoms with E-state index in [2.05, 4.69) is 0 Å². The van der Waals surface area contributed by atoms with Crippen molar-refractivity contribution in [2.45, 2.75) is 6.42 Å². The van der Waals surface area contributed by atoms with Crippen LogP contribution in [0, 0.1) is 22.7 Å². The summed E-state index contributed by atoms with van der Waals surface area (Å²) in [4.78, 5) is 11.6. The van der Waals surface area contributed by atoms with Crippen molar-refractivity contribution in [3.8, 4) is 12.1 Å². The van der Waals surface area contributed by atoms with Gasteiger partial charge in [0.15, 0.2) is 5.78 Å². The topological polar surface area (TPSA) is 64.7 Å². The average Bonchev–Trinajstić information content (AvgIpc) is 3.14. The molecule has 1 aliphatic carbocycles. The first-order chi connectivity index (χ1) is 9.77. The van der Waals surface area contributed by atoms with Crippen molar-refractivity contribution in [3.63, 3.8) is 0 Å². The Labute approximate surface area is 121 Å². The molecule has 0 saturated carbocycles. The number of rotatable bonds is 0. The SMILES string of the molecule is N#CC(C#N)=C1CC(=O)c2ccccc21.c1ccsc1. The van der Waals surface area contributed by atoms with E-state index in [9.17, 15) is 4.79 Å². The van der Waals surface area contributed by atoms with Gasteiger partial charge in [-0.25, -0.2) is 0 Å². The second-order valence-electron chi connectivity index (χ2n) is 4.02. The number of nitrogens with zero attached hydrogens (tertiary/aromatic N) is 2. The summed E-state index contributed by atoms with van der Waals surface area (Å²) in [7, 11) is 0. The molecule has 1 heterocycles. The Balaban J connectivity index is 0.000000247. The number of ketones is 1. The molecule has 3 nitrogen and oxygen atoms in total. The summed E-state index contributed by atoms with van der Waals surface area (Å²) in [6.07, 6.45) is 0.162. The Morgan fingerprint density at radius 3 is 2.10 bits per heavy atom. The average molecular weight is 278 g/mol. The van der Waals surface area contributed by atoms with E-state index in [1.54, 1.807) is 35.6 Å². The van der Waals surface area contributed by atoms with Gasteiger partial charge in [0.2, 0.25) is 0 Å². The molecule has 0 bridgehead atoms. The van der Waals surface area contributed by atoms with Crippen molar-refractivity contribution in [3.05, 3.63) is 63.9 Å². The first-order valence-electron chi connectivity index (χ1n) is 5.91. The fraction of sp³-hybridized carbons (Fsp3) is 0.0625. The summed E-state index contributed by atoms with van der Waals surface area (Å²) >= 11 is 1.71. The van der Waals surface area contributed by atoms with Crippen LogP contribution in [0.25, 0.3) is 5.57 Å². The van der Waals surface area contributed by atoms with Crippen molar-refractivity contribution in [1.29, 1.82) is 10.5 Å². The number of fused-ring (bicyclic) bond motifs is 1. The van der Waals surface area contributed by atoms with Crippen LogP contribution >= 0.6 is 11.3 Å². The van der Waals surface area contributed by atoms with Crippen molar-refractivity contribution in [1.82, 2.24) is 0 Å². The maximum absolute atomic E-state index is 11.6. The highest BCUT2D eigenvalue weighted by atomic mass is 32.1. The Bertz CT molecular complexity index is 697. The van der Waals surface area contributed by atoms with E-state index < -0.39 is 0 Å². The molecule has 1 aromatic carbocycles. The number of carbonyl (C=O) groups excluding carboxylic acids is 1. The summed E-state index contributed by atoms with van der Waals surface area (Å²) in [6.45, 7) is 0. The number of carbonyl (C=O) groups is 1. The fourth-order valence-corrected chi connectivity index (χ4v) is 2.40. The molecule has 1 aromatic heterocycles. The molecule has 0 unspecified atom stereocenters. The van der Waals surface area contributed by atoms with E-state index in [1.165, 1.54) is 0 Å². The number of benzene rings is 1. The molecule has 2 aromatic rings. The largest absolute Gasteiger partial charge is 0.294 e. The lowest BCUT2D eigenvalue weighted by molar-refractivity contribution is 0.100. The van der Waals surface area contributed by atoms with Gasteiger partial charge in [-0.15, -0.1) is 0 Å². The molecule has 1 aliphatic rings. The molecule has 0 radical (unpaired) electrons. The summed E-state index contributed by atoms with van der Waals surface area (Å²) in [5.74, 6) is -0.0244. The molecular weight excluding hydrogens is 268 g/mol. The number of hydrogen-bond donors (Lipinski definition) is 0. The standard InChI is InChI=1S/C12H6N2O.C4H4S/c13-6-8(7-14)11-5-12(15)10-4-2-1-3-9(10)11;1-2-4-5-3-1/h1-4H,5H2;1-4H. The van der Waals surface area contributed by atoms with Gasteiger partial charge in [-0.05, 0) is 21.9 Å². The maximum atomic E-state index is 11.6. The molecule has 0 N–H and O–H groups in total. The minimum atomic E-state index is -0.0244. The molecule has 3 rings (SSSR count). The molecule has 0 aliphatic heterocycles. The van der Waals surface area contributed by atoms with Gasteiger partial charge in [0, 0.05) is 12.0 Å². The zero-order valence-corrected chi connectivity index (χ0v) is 11.4. The monoisotopic (exact) mass is 278 g/mol. The zero-order valence-electron chi connectivity index (χ0n) is 10.5. The van der Waals surface area contributed by atoms with Crippen LogP contribution in [-0.4, -0.2) is 5.78 Å². The quantitative estimate of drug-likeness (QED) is 0.688. The highest BCUT2D eigenvalue weighted by Crippen LogP contribution is 2.33. The van der Waals surface area contributed by atoms with Crippen LogP contribution in [0.3, 0.4) is 0 Å². The zero-order chi connectivity index (χ0) is 14.4. The van der Waals surface area contributed by atoms with E-state index >= 15 is 0 Å². The second-order valence-corrected chi connectivity index (χ2v) is 4.83. The minimum Gasteiger partial charge on any atom is -0.294 e. The molecule has 96 valence electrons. The Kier molecular flexibility index (Phi) is 4.44. The lowest BCUT2D eigenvalue weighted by atomic mass is 10.0. The molecule has 0 atom stereocenters. The van der Waals surface area contributed by atoms with E-state index in [1.807, 2.05) is 35.0 Å². The summed E-state index contributed by atoms with van der Waals surface area (Å²) in [5.41, 5.74) is 1.92. The number of hydrogen-bond acceptors (Lipinski definition) is 4. The smallest absolute Gasteiger partial charge is 0.167 e. The molecule has 4 heteroatoms. The van der Waals surface area contributed by atoms with E-state index in [0.29, 0.717) is 11.1 Å². The molecule has 0 fully saturated rings. The highest BCUT2D eigenvalue weighted by molar-refractivity contribution is 7.07. The molecule has 0 saturated heterocycles. The summed E-state index contributed by atoms with van der Waals surface area (Å²) in [6, 6.07) is 14.7. The van der Waals surface area contributed by atoms with Crippen LogP contribution in [-0.2, 0) is 0 Å². The van der Waals surface area contributed by atoms with Crippen LogP contribution < -0.4 is 0 Å². The van der Waals surface area contributed by atoms with Crippen LogP contribution in [0.2, 0.25) is 0 Å². The van der Waals surface area contributed by atoms with Crippen molar-refractivity contribution < 1.29 is 4.79 Å². The van der Waals surface area contributed by atoms with Gasteiger partial charge in [-0.3, -0.25) is 4.79 Å². The fourth-order valence-electron chi connectivity index (χ4n) is 1.95. The number of Topliss-reactive ketones (excluding diaryl/α,β-unsaturated/α-hetero) is 1. The molecule has 0 amide bonds. The van der Waals surface area contributed by atoms with Gasteiger partial charge in [0.05, 0.1) is 0 Å². The normalized spacial score (nSPS) is 11.7. The van der Waals surface area contributed by atoms with Crippen molar-refractivity contribution in [2.75, 3.05) is 0 Å². The summed E-state index contributed by atoms with van der Waals surface area (Å²) in [5, 5.41) is 21.6. The Morgan fingerprint density at radius 2 is 1.60 bits per heavy atom. The van der Waals surface area contributed by atoms with Gasteiger partial charge >= 0.3 is 0 Å². The van der Waals surface area contributed by atoms with Gasteiger partial charge in [0.25, 0.3) is 0 Å². The van der Waals surface area contributed by atoms with Gasteiger partial charge < -0.3 is 0 Å². The van der Waals surface area contributed by atoms with Crippen LogP contribution in [0.5, 0.6) is 0 Å². The maximum Gasteiger partial charge on any atom is 0.167 e. The first-order valence-corrected chi connectivity index (χ1v) is 6.85. The van der Waals surface area contributed by atoms with Gasteiger partial charge in [-0.1, -0.05) is 36.4 Å². The predicted octanol–water partition coefficient (Wildman–Crippen LogP) is 3.82. The Morgan fingerprint density at radius 1 is 1.00 bits per heavy atom. The third-order valence-electron chi connectivity index (χ3n) is 2.84.